The fourth-order valence-corrected chi connectivity index (χ4v) is 2.45. The number of nitrogens with one attached hydrogen (secondary N) is 1. The fraction of sp³-hybridized carbons (Fsp3) is 0.118. The number of rotatable bonds is 5. The van der Waals surface area contributed by atoms with Crippen molar-refractivity contribution < 1.29 is 14.5 Å². The second-order valence-electron chi connectivity index (χ2n) is 5.10. The van der Waals surface area contributed by atoms with Gasteiger partial charge in [0.2, 0.25) is 5.78 Å². The Morgan fingerprint density at radius 3 is 2.65 bits per heavy atom. The molecule has 0 amide bonds. The molecule has 1 atom stereocenters. The second-order valence-corrected chi connectivity index (χ2v) is 5.10. The molecule has 0 unspecified atom stereocenters. The van der Waals surface area contributed by atoms with Gasteiger partial charge in [-0.05, 0) is 19.1 Å². The van der Waals surface area contributed by atoms with Crippen LogP contribution >= 0.6 is 0 Å². The van der Waals surface area contributed by atoms with Gasteiger partial charge in [-0.25, -0.2) is 0 Å². The summed E-state index contributed by atoms with van der Waals surface area (Å²) in [7, 11) is 0. The highest BCUT2D eigenvalue weighted by atomic mass is 16.6. The predicted molar refractivity (Wildman–Crippen MR) is 85.8 cm³/mol. The zero-order chi connectivity index (χ0) is 16.4. The molecule has 0 saturated carbocycles. The molecule has 6 nitrogen and oxygen atoms in total. The summed E-state index contributed by atoms with van der Waals surface area (Å²) < 4.78 is 5.54. The van der Waals surface area contributed by atoms with Crippen LogP contribution < -0.4 is 4.74 Å². The molecule has 1 heterocycles. The summed E-state index contributed by atoms with van der Waals surface area (Å²) in [5.74, 6) is -0.154. The third-order valence-electron chi connectivity index (χ3n) is 3.59. The van der Waals surface area contributed by atoms with Crippen LogP contribution in [0, 0.1) is 10.1 Å². The van der Waals surface area contributed by atoms with Crippen molar-refractivity contribution in [3.05, 3.63) is 70.4 Å². The average molecular weight is 310 g/mol. The first-order chi connectivity index (χ1) is 11.1. The molecule has 0 saturated heterocycles. The SMILES string of the molecule is C[C@H](Oc1ccccc1[N+](=O)[O-])C(=O)c1c[nH]c2ccccc12. The lowest BCUT2D eigenvalue weighted by atomic mass is 10.1. The zero-order valence-electron chi connectivity index (χ0n) is 12.4. The largest absolute Gasteiger partial charge is 0.475 e. The Kier molecular flexibility index (Phi) is 3.80. The second kappa shape index (κ2) is 5.92. The summed E-state index contributed by atoms with van der Waals surface area (Å²) in [5.41, 5.74) is 1.20. The van der Waals surface area contributed by atoms with Crippen LogP contribution in [-0.4, -0.2) is 21.8 Å². The van der Waals surface area contributed by atoms with Crippen molar-refractivity contribution in [2.75, 3.05) is 0 Å². The molecule has 3 rings (SSSR count). The number of carbonyl (C=O) groups excluding carboxylic acids is 1. The van der Waals surface area contributed by atoms with Gasteiger partial charge in [-0.3, -0.25) is 14.9 Å². The summed E-state index contributed by atoms with van der Waals surface area (Å²) in [4.78, 5) is 26.1. The van der Waals surface area contributed by atoms with Crippen LogP contribution in [0.2, 0.25) is 0 Å². The quantitative estimate of drug-likeness (QED) is 0.442. The average Bonchev–Trinajstić information content (AvgIpc) is 2.98. The minimum Gasteiger partial charge on any atom is -0.475 e. The molecule has 3 aromatic rings. The van der Waals surface area contributed by atoms with Gasteiger partial charge in [-0.2, -0.15) is 0 Å². The number of ketones is 1. The van der Waals surface area contributed by atoms with Crippen LogP contribution in [0.5, 0.6) is 5.75 Å². The van der Waals surface area contributed by atoms with Crippen LogP contribution in [0.25, 0.3) is 10.9 Å². The van der Waals surface area contributed by atoms with Gasteiger partial charge in [0.15, 0.2) is 11.9 Å². The minimum absolute atomic E-state index is 0.0817. The highest BCUT2D eigenvalue weighted by molar-refractivity contribution is 6.09. The molecule has 1 N–H and O–H groups in total. The number of ether oxygens (including phenoxy) is 1. The number of para-hydroxylation sites is 3. The molecule has 0 aliphatic rings. The topological polar surface area (TPSA) is 85.2 Å². The maximum Gasteiger partial charge on any atom is 0.310 e. The number of hydrogen-bond donors (Lipinski definition) is 1. The zero-order valence-corrected chi connectivity index (χ0v) is 12.4. The number of Topliss-reactive ketones (excluding diaryl/α,β-unsaturated/α-hetero) is 1. The van der Waals surface area contributed by atoms with E-state index in [9.17, 15) is 14.9 Å². The molecule has 0 bridgehead atoms. The van der Waals surface area contributed by atoms with Gasteiger partial charge in [0.1, 0.15) is 0 Å². The van der Waals surface area contributed by atoms with E-state index in [1.165, 1.54) is 12.1 Å². The molecule has 0 radical (unpaired) electrons. The third-order valence-corrected chi connectivity index (χ3v) is 3.59. The number of nitro groups is 1. The summed E-state index contributed by atoms with van der Waals surface area (Å²) in [5, 5.41) is 11.8. The van der Waals surface area contributed by atoms with E-state index >= 15 is 0 Å². The summed E-state index contributed by atoms with van der Waals surface area (Å²) in [6.07, 6.45) is 0.794. The number of nitro benzene ring substituents is 1. The van der Waals surface area contributed by atoms with Gasteiger partial charge in [0.05, 0.1) is 4.92 Å². The van der Waals surface area contributed by atoms with Crippen molar-refractivity contribution in [3.8, 4) is 5.75 Å². The predicted octanol–water partition coefficient (Wildman–Crippen LogP) is 3.73. The minimum atomic E-state index is -0.838. The molecule has 116 valence electrons. The third kappa shape index (κ3) is 2.78. The molecule has 0 aliphatic heterocycles. The first-order valence-corrected chi connectivity index (χ1v) is 7.08. The Labute approximate surface area is 131 Å². The highest BCUT2D eigenvalue weighted by Gasteiger charge is 2.23. The van der Waals surface area contributed by atoms with Crippen LogP contribution in [0.3, 0.4) is 0 Å². The molecular weight excluding hydrogens is 296 g/mol. The van der Waals surface area contributed by atoms with Crippen LogP contribution in [0.15, 0.2) is 54.7 Å². The van der Waals surface area contributed by atoms with Crippen molar-refractivity contribution in [1.82, 2.24) is 4.98 Å². The van der Waals surface area contributed by atoms with E-state index in [1.807, 2.05) is 24.3 Å². The van der Waals surface area contributed by atoms with Crippen LogP contribution in [-0.2, 0) is 0 Å². The molecule has 23 heavy (non-hydrogen) atoms. The molecule has 2 aromatic carbocycles. The first-order valence-electron chi connectivity index (χ1n) is 7.08. The smallest absolute Gasteiger partial charge is 0.310 e. The number of nitrogens with zero attached hydrogens (tertiary/aromatic N) is 1. The van der Waals surface area contributed by atoms with Gasteiger partial charge in [-0.1, -0.05) is 30.3 Å². The monoisotopic (exact) mass is 310 g/mol. The number of hydrogen-bond acceptors (Lipinski definition) is 4. The van der Waals surface area contributed by atoms with Crippen molar-refractivity contribution >= 4 is 22.4 Å². The van der Waals surface area contributed by atoms with E-state index in [-0.39, 0.29) is 17.2 Å². The van der Waals surface area contributed by atoms with Crippen molar-refractivity contribution in [1.29, 1.82) is 0 Å². The lowest BCUT2D eigenvalue weighted by Gasteiger charge is -2.13. The number of benzene rings is 2. The first kappa shape index (κ1) is 14.8. The lowest BCUT2D eigenvalue weighted by Crippen LogP contribution is -2.24. The Balaban J connectivity index is 1.88. The Morgan fingerprint density at radius 1 is 1.17 bits per heavy atom. The standard InChI is InChI=1S/C17H14N2O4/c1-11(23-16-9-5-4-8-15(16)19(21)22)17(20)13-10-18-14-7-3-2-6-12(13)14/h2-11,18H,1H3/t11-/m0/s1. The summed E-state index contributed by atoms with van der Waals surface area (Å²) in [6.45, 7) is 1.58. The van der Waals surface area contributed by atoms with E-state index in [0.29, 0.717) is 5.56 Å². The number of carbonyl (C=O) groups is 1. The highest BCUT2D eigenvalue weighted by Crippen LogP contribution is 2.28. The maximum absolute atomic E-state index is 12.6. The Hall–Kier alpha value is -3.15. The molecule has 0 spiro atoms. The molecule has 6 heteroatoms. The van der Waals surface area contributed by atoms with Gasteiger partial charge < -0.3 is 9.72 Å². The van der Waals surface area contributed by atoms with Crippen molar-refractivity contribution in [2.24, 2.45) is 0 Å². The number of aromatic nitrogens is 1. The van der Waals surface area contributed by atoms with E-state index in [4.69, 9.17) is 4.74 Å². The molecule has 1 aromatic heterocycles. The fourth-order valence-electron chi connectivity index (χ4n) is 2.45. The molecule has 0 fully saturated rings. The Bertz CT molecular complexity index is 885. The number of aromatic amines is 1. The van der Waals surface area contributed by atoms with Crippen molar-refractivity contribution in [3.63, 3.8) is 0 Å². The van der Waals surface area contributed by atoms with E-state index < -0.39 is 11.0 Å². The van der Waals surface area contributed by atoms with Gasteiger partial charge in [-0.15, -0.1) is 0 Å². The van der Waals surface area contributed by atoms with E-state index in [2.05, 4.69) is 4.98 Å². The van der Waals surface area contributed by atoms with E-state index in [0.717, 1.165) is 10.9 Å². The van der Waals surface area contributed by atoms with Crippen molar-refractivity contribution in [2.45, 2.75) is 13.0 Å². The summed E-state index contributed by atoms with van der Waals surface area (Å²) in [6, 6.07) is 13.5. The van der Waals surface area contributed by atoms with E-state index in [1.54, 1.807) is 25.3 Å². The normalized spacial score (nSPS) is 12.0. The van der Waals surface area contributed by atoms with Crippen LogP contribution in [0.4, 0.5) is 5.69 Å². The maximum atomic E-state index is 12.6. The Morgan fingerprint density at radius 2 is 1.87 bits per heavy atom. The number of fused-ring (bicyclic) bond motifs is 1. The molecular formula is C17H14N2O4. The van der Waals surface area contributed by atoms with Crippen LogP contribution in [0.1, 0.15) is 17.3 Å². The lowest BCUT2D eigenvalue weighted by molar-refractivity contribution is -0.386. The molecule has 0 aliphatic carbocycles. The number of H-pyrrole nitrogens is 1. The van der Waals surface area contributed by atoms with Gasteiger partial charge >= 0.3 is 5.69 Å². The summed E-state index contributed by atoms with van der Waals surface area (Å²) >= 11 is 0. The van der Waals surface area contributed by atoms with Gasteiger partial charge in [0.25, 0.3) is 0 Å². The van der Waals surface area contributed by atoms with Gasteiger partial charge in [0, 0.05) is 28.7 Å².